The van der Waals surface area contributed by atoms with Gasteiger partial charge in [0, 0.05) is 23.9 Å². The van der Waals surface area contributed by atoms with E-state index in [9.17, 15) is 10.1 Å². The fourth-order valence-electron chi connectivity index (χ4n) is 3.05. The van der Waals surface area contributed by atoms with Gasteiger partial charge >= 0.3 is 0 Å². The normalized spacial score (nSPS) is 16.7. The van der Waals surface area contributed by atoms with Crippen LogP contribution in [0.15, 0.2) is 12.1 Å². The van der Waals surface area contributed by atoms with Crippen molar-refractivity contribution in [2.24, 2.45) is 5.92 Å². The SMILES string of the molecule is Cc1cc(C)c([N+](=O)[O-])cc1NCC1CCCCCC1. The van der Waals surface area contributed by atoms with E-state index in [0.29, 0.717) is 5.92 Å². The van der Waals surface area contributed by atoms with E-state index in [4.69, 9.17) is 0 Å². The topological polar surface area (TPSA) is 55.2 Å². The molecule has 0 aliphatic heterocycles. The molecule has 4 heteroatoms. The van der Waals surface area contributed by atoms with E-state index < -0.39 is 0 Å². The van der Waals surface area contributed by atoms with Crippen molar-refractivity contribution in [1.29, 1.82) is 0 Å². The van der Waals surface area contributed by atoms with Gasteiger partial charge < -0.3 is 5.32 Å². The van der Waals surface area contributed by atoms with Gasteiger partial charge in [0.05, 0.1) is 4.92 Å². The molecule has 0 amide bonds. The van der Waals surface area contributed by atoms with Gasteiger partial charge in [-0.05, 0) is 44.2 Å². The molecule has 1 aromatic carbocycles. The summed E-state index contributed by atoms with van der Waals surface area (Å²) in [5.74, 6) is 0.706. The van der Waals surface area contributed by atoms with Crippen LogP contribution in [0.25, 0.3) is 0 Å². The Labute approximate surface area is 120 Å². The summed E-state index contributed by atoms with van der Waals surface area (Å²) in [4.78, 5) is 10.7. The zero-order valence-electron chi connectivity index (χ0n) is 12.4. The lowest BCUT2D eigenvalue weighted by atomic mass is 10.00. The fourth-order valence-corrected chi connectivity index (χ4v) is 3.05. The molecule has 1 saturated carbocycles. The van der Waals surface area contributed by atoms with Gasteiger partial charge in [-0.3, -0.25) is 10.1 Å². The van der Waals surface area contributed by atoms with Gasteiger partial charge in [-0.2, -0.15) is 0 Å². The van der Waals surface area contributed by atoms with Crippen LogP contribution in [-0.2, 0) is 0 Å². The molecule has 1 aromatic rings. The second-order valence-electron chi connectivity index (χ2n) is 5.95. The molecule has 1 aliphatic rings. The minimum atomic E-state index is -0.300. The van der Waals surface area contributed by atoms with Crippen molar-refractivity contribution < 1.29 is 4.92 Å². The highest BCUT2D eigenvalue weighted by atomic mass is 16.6. The highest BCUT2D eigenvalue weighted by Crippen LogP contribution is 2.28. The lowest BCUT2D eigenvalue weighted by Gasteiger charge is -2.17. The van der Waals surface area contributed by atoms with Crippen molar-refractivity contribution >= 4 is 11.4 Å². The first-order chi connectivity index (χ1) is 9.58. The predicted molar refractivity (Wildman–Crippen MR) is 82.3 cm³/mol. The smallest absolute Gasteiger partial charge is 0.274 e. The number of nitrogens with zero attached hydrogens (tertiary/aromatic N) is 1. The highest BCUT2D eigenvalue weighted by molar-refractivity contribution is 5.60. The molecule has 1 N–H and O–H groups in total. The first-order valence-corrected chi connectivity index (χ1v) is 7.57. The third-order valence-corrected chi connectivity index (χ3v) is 4.30. The molecule has 0 bridgehead atoms. The molecule has 2 rings (SSSR count). The van der Waals surface area contributed by atoms with E-state index >= 15 is 0 Å². The maximum absolute atomic E-state index is 11.0. The Morgan fingerprint density at radius 1 is 1.15 bits per heavy atom. The molecule has 0 unspecified atom stereocenters. The summed E-state index contributed by atoms with van der Waals surface area (Å²) in [6, 6.07) is 3.58. The molecule has 0 spiro atoms. The van der Waals surface area contributed by atoms with E-state index in [-0.39, 0.29) is 10.6 Å². The third-order valence-electron chi connectivity index (χ3n) is 4.30. The van der Waals surface area contributed by atoms with Crippen molar-refractivity contribution in [3.05, 3.63) is 33.4 Å². The van der Waals surface area contributed by atoms with Gasteiger partial charge in [-0.15, -0.1) is 0 Å². The standard InChI is InChI=1S/C16H24N2O2/c1-12-9-13(2)16(18(19)20)10-15(12)17-11-14-7-5-3-4-6-8-14/h9-10,14,17H,3-8,11H2,1-2H3. The number of nitro benzene ring substituents is 1. The van der Waals surface area contributed by atoms with Crippen LogP contribution < -0.4 is 5.32 Å². The van der Waals surface area contributed by atoms with Gasteiger partial charge in [0.15, 0.2) is 0 Å². The molecule has 0 atom stereocenters. The van der Waals surface area contributed by atoms with Crippen molar-refractivity contribution in [3.8, 4) is 0 Å². The molecule has 0 radical (unpaired) electrons. The Hall–Kier alpha value is -1.58. The number of nitrogens with one attached hydrogen (secondary N) is 1. The number of benzene rings is 1. The summed E-state index contributed by atoms with van der Waals surface area (Å²) in [6.07, 6.45) is 7.90. The molecular weight excluding hydrogens is 252 g/mol. The number of aryl methyl sites for hydroxylation is 2. The van der Waals surface area contributed by atoms with Gasteiger partial charge in [-0.1, -0.05) is 25.7 Å². The minimum absolute atomic E-state index is 0.207. The molecule has 0 aromatic heterocycles. The molecule has 0 saturated heterocycles. The number of hydrogen-bond acceptors (Lipinski definition) is 3. The Kier molecular flexibility index (Phi) is 4.99. The number of rotatable bonds is 4. The molecule has 4 nitrogen and oxygen atoms in total. The lowest BCUT2D eigenvalue weighted by Crippen LogP contribution is -2.14. The second kappa shape index (κ2) is 6.73. The summed E-state index contributed by atoms with van der Waals surface area (Å²) in [7, 11) is 0. The second-order valence-corrected chi connectivity index (χ2v) is 5.95. The van der Waals surface area contributed by atoms with Crippen LogP contribution in [0.5, 0.6) is 0 Å². The van der Waals surface area contributed by atoms with Gasteiger partial charge in [0.1, 0.15) is 0 Å². The molecule has 0 heterocycles. The number of nitro groups is 1. The van der Waals surface area contributed by atoms with E-state index in [1.807, 2.05) is 13.0 Å². The van der Waals surface area contributed by atoms with E-state index in [0.717, 1.165) is 23.4 Å². The Balaban J connectivity index is 2.04. The lowest BCUT2D eigenvalue weighted by molar-refractivity contribution is -0.385. The average Bonchev–Trinajstić information content (AvgIpc) is 2.66. The van der Waals surface area contributed by atoms with Gasteiger partial charge in [0.25, 0.3) is 5.69 Å². The number of hydrogen-bond donors (Lipinski definition) is 1. The maximum Gasteiger partial charge on any atom is 0.274 e. The summed E-state index contributed by atoms with van der Waals surface area (Å²) in [6.45, 7) is 4.73. The van der Waals surface area contributed by atoms with E-state index in [2.05, 4.69) is 5.32 Å². The van der Waals surface area contributed by atoms with Crippen molar-refractivity contribution in [2.75, 3.05) is 11.9 Å². The summed E-state index contributed by atoms with van der Waals surface area (Å²) < 4.78 is 0. The third kappa shape index (κ3) is 3.71. The van der Waals surface area contributed by atoms with Gasteiger partial charge in [-0.25, -0.2) is 0 Å². The zero-order chi connectivity index (χ0) is 14.5. The fraction of sp³-hybridized carbons (Fsp3) is 0.625. The van der Waals surface area contributed by atoms with Crippen LogP contribution in [0.1, 0.15) is 49.7 Å². The Morgan fingerprint density at radius 2 is 1.80 bits per heavy atom. The zero-order valence-corrected chi connectivity index (χ0v) is 12.4. The van der Waals surface area contributed by atoms with E-state index in [1.165, 1.54) is 38.5 Å². The minimum Gasteiger partial charge on any atom is -0.384 e. The molecular formula is C16H24N2O2. The predicted octanol–water partition coefficient (Wildman–Crippen LogP) is 4.59. The van der Waals surface area contributed by atoms with Crippen LogP contribution >= 0.6 is 0 Å². The largest absolute Gasteiger partial charge is 0.384 e. The summed E-state index contributed by atoms with van der Waals surface area (Å²) in [5.41, 5.74) is 2.93. The van der Waals surface area contributed by atoms with Crippen molar-refractivity contribution in [2.45, 2.75) is 52.4 Å². The Morgan fingerprint density at radius 3 is 2.40 bits per heavy atom. The summed E-state index contributed by atoms with van der Waals surface area (Å²) >= 11 is 0. The van der Waals surface area contributed by atoms with Crippen LogP contribution in [-0.4, -0.2) is 11.5 Å². The quantitative estimate of drug-likeness (QED) is 0.497. The van der Waals surface area contributed by atoms with Crippen LogP contribution in [0.3, 0.4) is 0 Å². The van der Waals surface area contributed by atoms with Crippen LogP contribution in [0, 0.1) is 29.9 Å². The summed E-state index contributed by atoms with van der Waals surface area (Å²) in [5, 5.41) is 14.4. The van der Waals surface area contributed by atoms with Gasteiger partial charge in [0.2, 0.25) is 0 Å². The molecule has 1 fully saturated rings. The Bertz CT molecular complexity index is 478. The molecule has 110 valence electrons. The average molecular weight is 276 g/mol. The van der Waals surface area contributed by atoms with Crippen LogP contribution in [0.4, 0.5) is 11.4 Å². The number of anilines is 1. The molecule has 1 aliphatic carbocycles. The van der Waals surface area contributed by atoms with Crippen molar-refractivity contribution in [3.63, 3.8) is 0 Å². The van der Waals surface area contributed by atoms with Crippen molar-refractivity contribution in [1.82, 2.24) is 0 Å². The monoisotopic (exact) mass is 276 g/mol. The van der Waals surface area contributed by atoms with E-state index in [1.54, 1.807) is 13.0 Å². The van der Waals surface area contributed by atoms with Crippen LogP contribution in [0.2, 0.25) is 0 Å². The first kappa shape index (κ1) is 14.8. The first-order valence-electron chi connectivity index (χ1n) is 7.57. The molecule has 20 heavy (non-hydrogen) atoms. The highest BCUT2D eigenvalue weighted by Gasteiger charge is 2.16. The maximum atomic E-state index is 11.0.